The maximum atomic E-state index is 11.8. The molecule has 1 aromatic carbocycles. The zero-order chi connectivity index (χ0) is 18.3. The van der Waals surface area contributed by atoms with Crippen molar-refractivity contribution in [3.8, 4) is 11.5 Å². The summed E-state index contributed by atoms with van der Waals surface area (Å²) in [7, 11) is 3.09. The number of carboxylic acid groups (broad SMARTS) is 1. The number of hydrogen-bond donors (Lipinski definition) is 2. The van der Waals surface area contributed by atoms with Crippen LogP contribution in [0, 0.1) is 0 Å². The quantitative estimate of drug-likeness (QED) is 0.793. The average molecular weight is 339 g/mol. The lowest BCUT2D eigenvalue weighted by Gasteiger charge is -2.22. The van der Waals surface area contributed by atoms with Crippen molar-refractivity contribution in [3.05, 3.63) is 23.8 Å². The maximum absolute atomic E-state index is 11.8. The van der Waals surface area contributed by atoms with Gasteiger partial charge in [0.15, 0.2) is 0 Å². The van der Waals surface area contributed by atoms with Crippen LogP contribution in [0.1, 0.15) is 32.8 Å². The van der Waals surface area contributed by atoms with E-state index in [1.165, 1.54) is 0 Å². The Morgan fingerprint density at radius 3 is 2.38 bits per heavy atom. The number of aryl methyl sites for hydroxylation is 1. The summed E-state index contributed by atoms with van der Waals surface area (Å²) in [5.41, 5.74) is 0.109. The standard InChI is InChI=1S/C17H25NO6/c1-17(2,3)24-16(21)18-13(15(19)20)8-6-11-10-12(22-4)7-9-14(11)23-5/h7,9-10,13H,6,8H2,1-5H3,(H,18,21)(H,19,20). The van der Waals surface area contributed by atoms with Gasteiger partial charge in [0.1, 0.15) is 23.1 Å². The summed E-state index contributed by atoms with van der Waals surface area (Å²) in [6, 6.07) is 4.24. The fourth-order valence-corrected chi connectivity index (χ4v) is 2.08. The molecular formula is C17H25NO6. The van der Waals surface area contributed by atoms with E-state index in [0.717, 1.165) is 5.56 Å². The third-order valence-corrected chi connectivity index (χ3v) is 3.18. The molecule has 1 atom stereocenters. The molecule has 0 aliphatic rings. The van der Waals surface area contributed by atoms with Crippen LogP contribution in [-0.4, -0.2) is 43.0 Å². The van der Waals surface area contributed by atoms with Crippen LogP contribution in [0.5, 0.6) is 11.5 Å². The highest BCUT2D eigenvalue weighted by Gasteiger charge is 2.24. The number of benzene rings is 1. The lowest BCUT2D eigenvalue weighted by molar-refractivity contribution is -0.139. The zero-order valence-corrected chi connectivity index (χ0v) is 14.7. The monoisotopic (exact) mass is 339 g/mol. The van der Waals surface area contributed by atoms with Gasteiger partial charge in [0.2, 0.25) is 0 Å². The Balaban J connectivity index is 2.77. The molecule has 0 radical (unpaired) electrons. The summed E-state index contributed by atoms with van der Waals surface area (Å²) in [6.07, 6.45) is -0.168. The fraction of sp³-hybridized carbons (Fsp3) is 0.529. The normalized spacial score (nSPS) is 12.2. The van der Waals surface area contributed by atoms with E-state index in [2.05, 4.69) is 5.32 Å². The van der Waals surface area contributed by atoms with Gasteiger partial charge in [-0.3, -0.25) is 0 Å². The summed E-state index contributed by atoms with van der Waals surface area (Å²) in [4.78, 5) is 23.1. The highest BCUT2D eigenvalue weighted by molar-refractivity contribution is 5.80. The molecule has 0 aliphatic heterocycles. The molecule has 1 aromatic rings. The van der Waals surface area contributed by atoms with Crippen molar-refractivity contribution in [3.63, 3.8) is 0 Å². The van der Waals surface area contributed by atoms with Crippen LogP contribution < -0.4 is 14.8 Å². The number of carboxylic acids is 1. The Hall–Kier alpha value is -2.44. The second kappa shape index (κ2) is 8.42. The summed E-state index contributed by atoms with van der Waals surface area (Å²) >= 11 is 0. The van der Waals surface area contributed by atoms with Gasteiger partial charge in [-0.05, 0) is 57.4 Å². The smallest absolute Gasteiger partial charge is 0.408 e. The number of rotatable bonds is 7. The number of alkyl carbamates (subject to hydrolysis) is 1. The Kier molecular flexibility index (Phi) is 6.88. The van der Waals surface area contributed by atoms with Crippen LogP contribution in [0.4, 0.5) is 4.79 Å². The molecule has 0 fully saturated rings. The third kappa shape index (κ3) is 6.36. The van der Waals surface area contributed by atoms with Crippen LogP contribution >= 0.6 is 0 Å². The topological polar surface area (TPSA) is 94.1 Å². The van der Waals surface area contributed by atoms with E-state index in [9.17, 15) is 14.7 Å². The van der Waals surface area contributed by atoms with Crippen molar-refractivity contribution in [2.75, 3.05) is 14.2 Å². The van der Waals surface area contributed by atoms with Crippen molar-refractivity contribution in [2.24, 2.45) is 0 Å². The number of methoxy groups -OCH3 is 2. The summed E-state index contributed by atoms with van der Waals surface area (Å²) in [6.45, 7) is 5.14. The van der Waals surface area contributed by atoms with Crippen LogP contribution in [0.15, 0.2) is 18.2 Å². The van der Waals surface area contributed by atoms with Gasteiger partial charge in [-0.1, -0.05) is 0 Å². The summed E-state index contributed by atoms with van der Waals surface area (Å²) in [5, 5.41) is 11.7. The predicted octanol–water partition coefficient (Wildman–Crippen LogP) is 2.61. The highest BCUT2D eigenvalue weighted by Crippen LogP contribution is 2.25. The van der Waals surface area contributed by atoms with Gasteiger partial charge in [0, 0.05) is 0 Å². The van der Waals surface area contributed by atoms with Crippen molar-refractivity contribution in [2.45, 2.75) is 45.3 Å². The van der Waals surface area contributed by atoms with E-state index in [1.54, 1.807) is 53.2 Å². The number of nitrogens with one attached hydrogen (secondary N) is 1. The van der Waals surface area contributed by atoms with Crippen molar-refractivity contribution < 1.29 is 28.9 Å². The van der Waals surface area contributed by atoms with Crippen molar-refractivity contribution in [1.82, 2.24) is 5.32 Å². The molecule has 7 nitrogen and oxygen atoms in total. The van der Waals surface area contributed by atoms with Crippen LogP contribution in [0.25, 0.3) is 0 Å². The molecule has 2 N–H and O–H groups in total. The minimum atomic E-state index is -1.12. The molecule has 24 heavy (non-hydrogen) atoms. The molecule has 0 aromatic heterocycles. The number of aliphatic carboxylic acids is 1. The SMILES string of the molecule is COc1ccc(OC)c(CCC(NC(=O)OC(C)(C)C)C(=O)O)c1. The van der Waals surface area contributed by atoms with Gasteiger partial charge in [-0.15, -0.1) is 0 Å². The molecule has 1 unspecified atom stereocenters. The Bertz CT molecular complexity index is 579. The largest absolute Gasteiger partial charge is 0.497 e. The molecule has 0 heterocycles. The number of carbonyl (C=O) groups is 2. The minimum absolute atomic E-state index is 0.193. The van der Waals surface area contributed by atoms with Crippen molar-refractivity contribution in [1.29, 1.82) is 0 Å². The molecule has 0 spiro atoms. The molecule has 1 rings (SSSR count). The van der Waals surface area contributed by atoms with Gasteiger partial charge in [0.05, 0.1) is 14.2 Å². The van der Waals surface area contributed by atoms with E-state index < -0.39 is 23.7 Å². The zero-order valence-electron chi connectivity index (χ0n) is 14.7. The first kappa shape index (κ1) is 19.6. The molecular weight excluding hydrogens is 314 g/mol. The van der Waals surface area contributed by atoms with E-state index >= 15 is 0 Å². The highest BCUT2D eigenvalue weighted by atomic mass is 16.6. The maximum Gasteiger partial charge on any atom is 0.408 e. The molecule has 0 bridgehead atoms. The lowest BCUT2D eigenvalue weighted by Crippen LogP contribution is -2.43. The second-order valence-corrected chi connectivity index (χ2v) is 6.25. The summed E-state index contributed by atoms with van der Waals surface area (Å²) < 4.78 is 15.5. The number of carbonyl (C=O) groups excluding carboxylic acids is 1. The van der Waals surface area contributed by atoms with Crippen molar-refractivity contribution >= 4 is 12.1 Å². The van der Waals surface area contributed by atoms with E-state index in [4.69, 9.17) is 14.2 Å². The van der Waals surface area contributed by atoms with Crippen LogP contribution in [0.3, 0.4) is 0 Å². The summed E-state index contributed by atoms with van der Waals surface area (Å²) in [5.74, 6) is 0.165. The second-order valence-electron chi connectivity index (χ2n) is 6.25. The first-order valence-corrected chi connectivity index (χ1v) is 7.59. The lowest BCUT2D eigenvalue weighted by atomic mass is 10.0. The van der Waals surface area contributed by atoms with Gasteiger partial charge in [-0.25, -0.2) is 9.59 Å². The fourth-order valence-electron chi connectivity index (χ4n) is 2.08. The Morgan fingerprint density at radius 1 is 1.21 bits per heavy atom. The van der Waals surface area contributed by atoms with Gasteiger partial charge in [-0.2, -0.15) is 0 Å². The molecule has 0 aliphatic carbocycles. The first-order chi connectivity index (χ1) is 11.2. The van der Waals surface area contributed by atoms with E-state index in [1.807, 2.05) is 0 Å². The van der Waals surface area contributed by atoms with Crippen LogP contribution in [0.2, 0.25) is 0 Å². The predicted molar refractivity (Wildman–Crippen MR) is 88.7 cm³/mol. The molecule has 0 saturated heterocycles. The molecule has 134 valence electrons. The minimum Gasteiger partial charge on any atom is -0.497 e. The number of amides is 1. The average Bonchev–Trinajstić information content (AvgIpc) is 2.48. The molecule has 0 saturated carbocycles. The van der Waals surface area contributed by atoms with Gasteiger partial charge >= 0.3 is 12.1 Å². The molecule has 1 amide bonds. The van der Waals surface area contributed by atoms with Gasteiger partial charge < -0.3 is 24.6 Å². The van der Waals surface area contributed by atoms with Crippen LogP contribution in [-0.2, 0) is 16.0 Å². The number of ether oxygens (including phenoxy) is 3. The third-order valence-electron chi connectivity index (χ3n) is 3.18. The number of hydrogen-bond acceptors (Lipinski definition) is 5. The van der Waals surface area contributed by atoms with Gasteiger partial charge in [0.25, 0.3) is 0 Å². The van der Waals surface area contributed by atoms with E-state index in [0.29, 0.717) is 17.9 Å². The Labute approximate surface area is 141 Å². The van der Waals surface area contributed by atoms with E-state index in [-0.39, 0.29) is 6.42 Å². The Morgan fingerprint density at radius 2 is 1.88 bits per heavy atom. The first-order valence-electron chi connectivity index (χ1n) is 7.59. The molecule has 7 heteroatoms.